The Morgan fingerprint density at radius 2 is 1.80 bits per heavy atom. The summed E-state index contributed by atoms with van der Waals surface area (Å²) < 4.78 is 11.3. The number of fused-ring (bicyclic) bond motifs is 1. The number of rotatable bonds is 4. The molecule has 0 fully saturated rings. The highest BCUT2D eigenvalue weighted by Gasteiger charge is 2.22. The van der Waals surface area contributed by atoms with Crippen LogP contribution in [-0.4, -0.2) is 18.5 Å². The first-order chi connectivity index (χ1) is 9.49. The molecule has 0 radical (unpaired) electrons. The molecule has 0 spiro atoms. The summed E-state index contributed by atoms with van der Waals surface area (Å²) in [5, 5.41) is 1.62. The Bertz CT molecular complexity index is 666. The van der Waals surface area contributed by atoms with Gasteiger partial charge in [-0.2, -0.15) is 0 Å². The normalized spacial score (nSPS) is 10.8. The Labute approximate surface area is 125 Å². The molecule has 20 heavy (non-hydrogen) atoms. The third-order valence-electron chi connectivity index (χ3n) is 2.94. The summed E-state index contributed by atoms with van der Waals surface area (Å²) in [6.45, 7) is 7.72. The van der Waals surface area contributed by atoms with Crippen molar-refractivity contribution in [1.82, 2.24) is 0 Å². The van der Waals surface area contributed by atoms with Crippen molar-refractivity contribution in [2.45, 2.75) is 34.1 Å². The number of carbonyl (C=O) groups is 2. The van der Waals surface area contributed by atoms with Crippen LogP contribution < -0.4 is 4.74 Å². The molecule has 2 rings (SSSR count). The maximum Gasteiger partial charge on any atom is 0.348 e. The molecule has 2 aromatic rings. The molecule has 2 heterocycles. The summed E-state index contributed by atoms with van der Waals surface area (Å²) >= 11 is 2.80. The third kappa shape index (κ3) is 2.58. The van der Waals surface area contributed by atoms with Crippen LogP contribution in [0.1, 0.15) is 41.1 Å². The predicted molar refractivity (Wildman–Crippen MR) is 81.1 cm³/mol. The van der Waals surface area contributed by atoms with Gasteiger partial charge in [0.25, 0.3) is 0 Å². The lowest BCUT2D eigenvalue weighted by Crippen LogP contribution is -2.05. The van der Waals surface area contributed by atoms with Crippen LogP contribution in [0.4, 0.5) is 0 Å². The molecule has 0 unspecified atom stereocenters. The maximum absolute atomic E-state index is 11.9. The van der Waals surface area contributed by atoms with Crippen molar-refractivity contribution in [2.75, 3.05) is 6.61 Å². The summed E-state index contributed by atoms with van der Waals surface area (Å²) in [5.74, 6) is -0.532. The molecule has 0 aromatic carbocycles. The maximum atomic E-state index is 11.9. The average molecular weight is 312 g/mol. The fraction of sp³-hybridized carbons (Fsp3) is 0.429. The molecule has 0 bridgehead atoms. The van der Waals surface area contributed by atoms with E-state index in [1.165, 1.54) is 22.7 Å². The minimum absolute atomic E-state index is 0.245. The van der Waals surface area contributed by atoms with Gasteiger partial charge in [-0.05, 0) is 26.3 Å². The Morgan fingerprint density at radius 1 is 1.10 bits per heavy atom. The molecule has 2 aromatic heterocycles. The zero-order chi connectivity index (χ0) is 14.9. The molecule has 0 N–H and O–H groups in total. The van der Waals surface area contributed by atoms with E-state index in [2.05, 4.69) is 0 Å². The second-order valence-electron chi connectivity index (χ2n) is 4.28. The second-order valence-corrected chi connectivity index (χ2v) is 6.54. The summed E-state index contributed by atoms with van der Waals surface area (Å²) in [4.78, 5) is 23.9. The van der Waals surface area contributed by atoms with Crippen molar-refractivity contribution < 1.29 is 19.1 Å². The molecule has 0 aliphatic rings. The van der Waals surface area contributed by atoms with Crippen LogP contribution in [0.3, 0.4) is 0 Å². The SMILES string of the molecule is CCOC(=O)c1sc2sc(OC(=O)CC)c(C)c2c1C. The second kappa shape index (κ2) is 5.93. The van der Waals surface area contributed by atoms with Gasteiger partial charge < -0.3 is 9.47 Å². The minimum atomic E-state index is -0.287. The number of aryl methyl sites for hydroxylation is 2. The Morgan fingerprint density at radius 3 is 2.35 bits per heavy atom. The van der Waals surface area contributed by atoms with Gasteiger partial charge in [0.1, 0.15) is 4.88 Å². The van der Waals surface area contributed by atoms with Crippen LogP contribution in [0.5, 0.6) is 5.06 Å². The zero-order valence-corrected chi connectivity index (χ0v) is 13.5. The smallest absolute Gasteiger partial charge is 0.348 e. The standard InChI is InChI=1S/C14H16O4S2/c1-5-9(15)18-13-8(4)10-7(3)11(12(16)17-6-2)19-14(10)20-13/h5-6H2,1-4H3. The van der Waals surface area contributed by atoms with E-state index in [0.29, 0.717) is 23.0 Å². The third-order valence-corrected chi connectivity index (χ3v) is 5.47. The van der Waals surface area contributed by atoms with E-state index < -0.39 is 0 Å². The predicted octanol–water partition coefficient (Wildman–Crippen LogP) is 4.07. The molecule has 0 amide bonds. The monoisotopic (exact) mass is 312 g/mol. The summed E-state index contributed by atoms with van der Waals surface area (Å²) in [7, 11) is 0. The first-order valence-electron chi connectivity index (χ1n) is 6.39. The van der Waals surface area contributed by atoms with Crippen LogP contribution >= 0.6 is 22.7 Å². The zero-order valence-electron chi connectivity index (χ0n) is 11.9. The summed E-state index contributed by atoms with van der Waals surface area (Å²) in [5.41, 5.74) is 1.81. The van der Waals surface area contributed by atoms with Crippen LogP contribution in [0, 0.1) is 13.8 Å². The molecular weight excluding hydrogens is 296 g/mol. The van der Waals surface area contributed by atoms with Gasteiger partial charge in [0.15, 0.2) is 5.06 Å². The van der Waals surface area contributed by atoms with Crippen molar-refractivity contribution in [3.8, 4) is 5.06 Å². The van der Waals surface area contributed by atoms with Crippen molar-refractivity contribution in [3.05, 3.63) is 16.0 Å². The van der Waals surface area contributed by atoms with Gasteiger partial charge in [-0.25, -0.2) is 4.79 Å². The molecule has 0 aliphatic heterocycles. The van der Waals surface area contributed by atoms with E-state index in [1.807, 2.05) is 13.8 Å². The summed E-state index contributed by atoms with van der Waals surface area (Å²) in [6.07, 6.45) is 0.345. The molecule has 4 nitrogen and oxygen atoms in total. The van der Waals surface area contributed by atoms with Gasteiger partial charge in [-0.1, -0.05) is 18.3 Å². The molecule has 0 aliphatic carbocycles. The van der Waals surface area contributed by atoms with E-state index in [1.54, 1.807) is 13.8 Å². The van der Waals surface area contributed by atoms with Crippen LogP contribution in [0.2, 0.25) is 0 Å². The molecule has 0 atom stereocenters. The van der Waals surface area contributed by atoms with Gasteiger partial charge in [0.05, 0.1) is 10.6 Å². The number of esters is 2. The number of ether oxygens (including phenoxy) is 2. The van der Waals surface area contributed by atoms with Gasteiger partial charge in [-0.15, -0.1) is 11.3 Å². The highest BCUT2D eigenvalue weighted by molar-refractivity contribution is 7.40. The molecule has 0 saturated carbocycles. The first kappa shape index (κ1) is 15.0. The summed E-state index contributed by atoms with van der Waals surface area (Å²) in [6, 6.07) is 0. The molecule has 0 saturated heterocycles. The van der Waals surface area contributed by atoms with E-state index in [4.69, 9.17) is 9.47 Å². The largest absolute Gasteiger partial charge is 0.462 e. The fourth-order valence-corrected chi connectivity index (χ4v) is 4.52. The van der Waals surface area contributed by atoms with Crippen molar-refractivity contribution in [1.29, 1.82) is 0 Å². The van der Waals surface area contributed by atoms with E-state index in [-0.39, 0.29) is 11.9 Å². The fourth-order valence-electron chi connectivity index (χ4n) is 1.92. The minimum Gasteiger partial charge on any atom is -0.462 e. The lowest BCUT2D eigenvalue weighted by atomic mass is 10.1. The van der Waals surface area contributed by atoms with Crippen molar-refractivity contribution in [2.24, 2.45) is 0 Å². The number of carbonyl (C=O) groups excluding carboxylic acids is 2. The number of hydrogen-bond acceptors (Lipinski definition) is 6. The Balaban J connectivity index is 2.43. The van der Waals surface area contributed by atoms with Crippen LogP contribution in [0.25, 0.3) is 9.40 Å². The molecular formula is C14H16O4S2. The lowest BCUT2D eigenvalue weighted by Gasteiger charge is -2.02. The lowest BCUT2D eigenvalue weighted by molar-refractivity contribution is -0.133. The van der Waals surface area contributed by atoms with E-state index >= 15 is 0 Å². The van der Waals surface area contributed by atoms with Crippen molar-refractivity contribution in [3.63, 3.8) is 0 Å². The number of hydrogen-bond donors (Lipinski definition) is 0. The Hall–Kier alpha value is -1.40. The van der Waals surface area contributed by atoms with Crippen LogP contribution in [-0.2, 0) is 9.53 Å². The van der Waals surface area contributed by atoms with E-state index in [0.717, 1.165) is 20.5 Å². The molecule has 6 heteroatoms. The first-order valence-corrected chi connectivity index (χ1v) is 8.03. The average Bonchev–Trinajstić information content (AvgIpc) is 2.89. The van der Waals surface area contributed by atoms with E-state index in [9.17, 15) is 9.59 Å². The van der Waals surface area contributed by atoms with Gasteiger partial charge in [-0.3, -0.25) is 4.79 Å². The molecule has 108 valence electrons. The van der Waals surface area contributed by atoms with Gasteiger partial charge in [0, 0.05) is 17.4 Å². The van der Waals surface area contributed by atoms with Gasteiger partial charge in [0.2, 0.25) is 0 Å². The topological polar surface area (TPSA) is 52.6 Å². The highest BCUT2D eigenvalue weighted by Crippen LogP contribution is 2.44. The Kier molecular flexibility index (Phi) is 4.45. The van der Waals surface area contributed by atoms with Crippen LogP contribution in [0.15, 0.2) is 0 Å². The van der Waals surface area contributed by atoms with Gasteiger partial charge >= 0.3 is 11.9 Å². The number of thiophene rings is 2. The quantitative estimate of drug-likeness (QED) is 0.799. The highest BCUT2D eigenvalue weighted by atomic mass is 32.2. The van der Waals surface area contributed by atoms with Crippen molar-refractivity contribution >= 4 is 44.0 Å².